The van der Waals surface area contributed by atoms with Gasteiger partial charge in [0.25, 0.3) is 0 Å². The van der Waals surface area contributed by atoms with Crippen LogP contribution in [0.25, 0.3) is 11.4 Å². The molecule has 1 aromatic heterocycles. The molecule has 0 unspecified atom stereocenters. The Morgan fingerprint density at radius 1 is 1.18 bits per heavy atom. The zero-order valence-electron chi connectivity index (χ0n) is 19.2. The number of hydrogen-bond acceptors (Lipinski definition) is 7. The maximum Gasteiger partial charge on any atom is 0.246 e. The van der Waals surface area contributed by atoms with Gasteiger partial charge in [-0.25, -0.2) is 8.42 Å². The summed E-state index contributed by atoms with van der Waals surface area (Å²) in [4.78, 5) is 17.3. The number of sulfonamides is 1. The fraction of sp³-hybridized carbons (Fsp3) is 0.375. The Balaban J connectivity index is 1.34. The molecule has 1 N–H and O–H groups in total. The van der Waals surface area contributed by atoms with Crippen molar-refractivity contribution in [2.75, 3.05) is 19.7 Å². The van der Waals surface area contributed by atoms with Crippen molar-refractivity contribution in [2.24, 2.45) is 5.92 Å². The summed E-state index contributed by atoms with van der Waals surface area (Å²) in [6, 6.07) is 14.1. The van der Waals surface area contributed by atoms with Crippen LogP contribution in [0.2, 0.25) is 0 Å². The number of benzene rings is 2. The molecule has 34 heavy (non-hydrogen) atoms. The van der Waals surface area contributed by atoms with Gasteiger partial charge < -0.3 is 14.6 Å². The Kier molecular flexibility index (Phi) is 7.28. The summed E-state index contributed by atoms with van der Waals surface area (Å²) >= 11 is 0. The molecule has 2 aromatic carbocycles. The molecule has 1 amide bonds. The van der Waals surface area contributed by atoms with Crippen LogP contribution in [0.15, 0.2) is 57.9 Å². The van der Waals surface area contributed by atoms with Crippen molar-refractivity contribution < 1.29 is 22.5 Å². The summed E-state index contributed by atoms with van der Waals surface area (Å²) in [5, 5.41) is 6.77. The van der Waals surface area contributed by atoms with Gasteiger partial charge in [0.15, 0.2) is 0 Å². The molecule has 1 saturated heterocycles. The van der Waals surface area contributed by atoms with Crippen LogP contribution in [0.4, 0.5) is 0 Å². The van der Waals surface area contributed by atoms with Crippen molar-refractivity contribution >= 4 is 15.9 Å². The van der Waals surface area contributed by atoms with Crippen molar-refractivity contribution in [2.45, 2.75) is 38.1 Å². The molecule has 1 aliphatic heterocycles. The zero-order valence-corrected chi connectivity index (χ0v) is 20.0. The topological polar surface area (TPSA) is 115 Å². The molecule has 4 rings (SSSR count). The van der Waals surface area contributed by atoms with Gasteiger partial charge in [0.1, 0.15) is 5.75 Å². The van der Waals surface area contributed by atoms with Gasteiger partial charge >= 0.3 is 0 Å². The van der Waals surface area contributed by atoms with Crippen LogP contribution >= 0.6 is 0 Å². The Morgan fingerprint density at radius 2 is 1.91 bits per heavy atom. The van der Waals surface area contributed by atoms with E-state index < -0.39 is 15.9 Å². The molecule has 10 heteroatoms. The highest BCUT2D eigenvalue weighted by Crippen LogP contribution is 2.24. The maximum absolute atomic E-state index is 13.0. The lowest BCUT2D eigenvalue weighted by molar-refractivity contribution is -0.126. The summed E-state index contributed by atoms with van der Waals surface area (Å²) in [6.07, 6.45) is 1.23. The van der Waals surface area contributed by atoms with E-state index in [1.165, 1.54) is 4.31 Å². The molecule has 9 nitrogen and oxygen atoms in total. The third-order valence-electron chi connectivity index (χ3n) is 5.72. The maximum atomic E-state index is 13.0. The molecular weight excluding hydrogens is 456 g/mol. The first kappa shape index (κ1) is 23.9. The number of rotatable bonds is 8. The Labute approximate surface area is 199 Å². The monoisotopic (exact) mass is 484 g/mol. The Morgan fingerprint density at radius 3 is 2.62 bits per heavy atom. The van der Waals surface area contributed by atoms with Gasteiger partial charge in [0.2, 0.25) is 27.6 Å². The molecule has 1 aliphatic rings. The average Bonchev–Trinajstić information content (AvgIpc) is 3.33. The number of nitrogens with one attached hydrogen (secondary N) is 1. The lowest BCUT2D eigenvalue weighted by atomic mass is 9.99. The number of amides is 1. The summed E-state index contributed by atoms with van der Waals surface area (Å²) in [6.45, 7) is 5.02. The second-order valence-corrected chi connectivity index (χ2v) is 10.1. The molecule has 1 fully saturated rings. The van der Waals surface area contributed by atoms with Crippen LogP contribution in [0, 0.1) is 12.8 Å². The molecule has 0 aliphatic carbocycles. The highest BCUT2D eigenvalue weighted by atomic mass is 32.2. The number of aromatic nitrogens is 2. The number of aryl methyl sites for hydroxylation is 1. The van der Waals surface area contributed by atoms with E-state index in [0.717, 1.165) is 16.9 Å². The van der Waals surface area contributed by atoms with E-state index in [9.17, 15) is 13.2 Å². The van der Waals surface area contributed by atoms with Gasteiger partial charge in [-0.15, -0.1) is 0 Å². The van der Waals surface area contributed by atoms with Crippen molar-refractivity contribution in [1.82, 2.24) is 19.8 Å². The number of hydrogen-bond donors (Lipinski definition) is 1. The van der Waals surface area contributed by atoms with E-state index in [2.05, 4.69) is 15.5 Å². The summed E-state index contributed by atoms with van der Waals surface area (Å²) in [7, 11) is -3.64. The van der Waals surface area contributed by atoms with Crippen molar-refractivity contribution in [3.63, 3.8) is 0 Å². The Bertz CT molecular complexity index is 1220. The first-order valence-corrected chi connectivity index (χ1v) is 12.7. The van der Waals surface area contributed by atoms with Gasteiger partial charge in [-0.3, -0.25) is 4.79 Å². The smallest absolute Gasteiger partial charge is 0.246 e. The van der Waals surface area contributed by atoms with E-state index in [-0.39, 0.29) is 29.8 Å². The predicted molar refractivity (Wildman–Crippen MR) is 125 cm³/mol. The van der Waals surface area contributed by atoms with Crippen molar-refractivity contribution in [1.29, 1.82) is 0 Å². The van der Waals surface area contributed by atoms with Crippen molar-refractivity contribution in [3.05, 3.63) is 60.0 Å². The molecule has 0 radical (unpaired) electrons. The number of carbonyl (C=O) groups excluding carboxylic acids is 1. The molecule has 2 heterocycles. The number of piperidine rings is 1. The predicted octanol–water partition coefficient (Wildman–Crippen LogP) is 3.16. The van der Waals surface area contributed by atoms with Crippen LogP contribution in [0.3, 0.4) is 0 Å². The van der Waals surface area contributed by atoms with Gasteiger partial charge in [-0.1, -0.05) is 22.9 Å². The standard InChI is InChI=1S/C24H28N4O5S/c1-3-32-20-10-8-18(9-11-20)23-26-22(33-27-23)15-25-24(29)19-5-4-14-28(16-19)34(30,31)21-12-6-17(2)7-13-21/h6-13,19H,3-5,14-16H2,1-2H3,(H,25,29)/t19-/m0/s1. The average molecular weight is 485 g/mol. The third kappa shape index (κ3) is 5.45. The quantitative estimate of drug-likeness (QED) is 0.522. The van der Waals surface area contributed by atoms with E-state index in [0.29, 0.717) is 31.8 Å². The van der Waals surface area contributed by atoms with Gasteiger partial charge in [-0.05, 0) is 63.1 Å². The van der Waals surface area contributed by atoms with Crippen LogP contribution in [-0.4, -0.2) is 48.5 Å². The molecule has 1 atom stereocenters. The van der Waals surface area contributed by atoms with Crippen LogP contribution in [0.1, 0.15) is 31.2 Å². The summed E-state index contributed by atoms with van der Waals surface area (Å²) in [5.74, 6) is 0.776. The SMILES string of the molecule is CCOc1ccc(-c2noc(CNC(=O)[C@H]3CCCN(S(=O)(=O)c4ccc(C)cc4)C3)n2)cc1. The number of carbonyl (C=O) groups is 1. The van der Waals surface area contributed by atoms with Gasteiger partial charge in [-0.2, -0.15) is 9.29 Å². The van der Waals surface area contributed by atoms with Gasteiger partial charge in [0, 0.05) is 18.7 Å². The van der Waals surface area contributed by atoms with E-state index in [1.54, 1.807) is 24.3 Å². The van der Waals surface area contributed by atoms with Crippen molar-refractivity contribution in [3.8, 4) is 17.1 Å². The lowest BCUT2D eigenvalue weighted by Crippen LogP contribution is -2.45. The first-order chi connectivity index (χ1) is 16.4. The highest BCUT2D eigenvalue weighted by molar-refractivity contribution is 7.89. The molecule has 0 spiro atoms. The minimum absolute atomic E-state index is 0.0735. The third-order valence-corrected chi connectivity index (χ3v) is 7.60. The van der Waals surface area contributed by atoms with Gasteiger partial charge in [0.05, 0.1) is 24.0 Å². The zero-order chi connectivity index (χ0) is 24.1. The fourth-order valence-corrected chi connectivity index (χ4v) is 5.38. The second-order valence-electron chi connectivity index (χ2n) is 8.20. The minimum atomic E-state index is -3.64. The lowest BCUT2D eigenvalue weighted by Gasteiger charge is -2.31. The largest absolute Gasteiger partial charge is 0.494 e. The second kappa shape index (κ2) is 10.4. The number of ether oxygens (including phenoxy) is 1. The highest BCUT2D eigenvalue weighted by Gasteiger charge is 2.33. The van der Waals surface area contributed by atoms with E-state index >= 15 is 0 Å². The summed E-state index contributed by atoms with van der Waals surface area (Å²) < 4.78 is 38.1. The van der Waals surface area contributed by atoms with Crippen LogP contribution in [0.5, 0.6) is 5.75 Å². The Hall–Kier alpha value is -3.24. The molecule has 0 saturated carbocycles. The number of nitrogens with zero attached hydrogens (tertiary/aromatic N) is 3. The molecule has 180 valence electrons. The molecule has 0 bridgehead atoms. The summed E-state index contributed by atoms with van der Waals surface area (Å²) in [5.41, 5.74) is 1.76. The molecular formula is C24H28N4O5S. The van der Waals surface area contributed by atoms with E-state index in [1.807, 2.05) is 38.1 Å². The fourth-order valence-electron chi connectivity index (χ4n) is 3.85. The molecule has 3 aromatic rings. The van der Waals surface area contributed by atoms with E-state index in [4.69, 9.17) is 9.26 Å². The van der Waals surface area contributed by atoms with Crippen LogP contribution < -0.4 is 10.1 Å². The normalized spacial score (nSPS) is 16.8. The first-order valence-electron chi connectivity index (χ1n) is 11.3. The van der Waals surface area contributed by atoms with Crippen LogP contribution in [-0.2, 0) is 21.4 Å². The minimum Gasteiger partial charge on any atom is -0.494 e.